The van der Waals surface area contributed by atoms with Crippen molar-refractivity contribution in [2.45, 2.75) is 46.9 Å². The lowest BCUT2D eigenvalue weighted by Gasteiger charge is -2.41. The minimum absolute atomic E-state index is 0.281. The number of hydrogen-bond donors (Lipinski definition) is 0. The number of benzene rings is 1. The van der Waals surface area contributed by atoms with Gasteiger partial charge in [-0.15, -0.1) is 0 Å². The molecule has 2 rings (SSSR count). The van der Waals surface area contributed by atoms with Crippen LogP contribution < -0.4 is 4.31 Å². The highest BCUT2D eigenvalue weighted by Gasteiger charge is 2.45. The first-order valence-electron chi connectivity index (χ1n) is 7.76. The summed E-state index contributed by atoms with van der Waals surface area (Å²) in [6.07, 6.45) is -0.696. The van der Waals surface area contributed by atoms with Gasteiger partial charge in [0.2, 0.25) is 0 Å². The lowest BCUT2D eigenvalue weighted by Crippen LogP contribution is -2.57. The summed E-state index contributed by atoms with van der Waals surface area (Å²) in [6.45, 7) is 9.48. The molecule has 1 aliphatic heterocycles. The predicted octanol–water partition coefficient (Wildman–Crippen LogP) is 2.62. The van der Waals surface area contributed by atoms with Gasteiger partial charge in [0.1, 0.15) is 6.23 Å². The fraction of sp³-hybridized carbons (Fsp3) is 0.562. The second-order valence-corrected chi connectivity index (χ2v) is 8.02. The SMILES string of the molecule is CC(C)COC(C)N1c2ccccc2C(=O)N(C(C)C)S1(=O)=O. The predicted molar refractivity (Wildman–Crippen MR) is 89.4 cm³/mol. The maximum atomic E-state index is 13.0. The first-order valence-corrected chi connectivity index (χ1v) is 9.16. The Balaban J connectivity index is 2.54. The van der Waals surface area contributed by atoms with Gasteiger partial charge in [0, 0.05) is 6.04 Å². The van der Waals surface area contributed by atoms with E-state index in [1.54, 1.807) is 45.0 Å². The highest BCUT2D eigenvalue weighted by atomic mass is 32.2. The number of hydrogen-bond acceptors (Lipinski definition) is 4. The Hall–Kier alpha value is -1.60. The average molecular weight is 340 g/mol. The molecule has 1 atom stereocenters. The van der Waals surface area contributed by atoms with E-state index in [0.29, 0.717) is 17.9 Å². The fourth-order valence-corrected chi connectivity index (χ4v) is 4.45. The maximum Gasteiger partial charge on any atom is 0.331 e. The third kappa shape index (κ3) is 3.21. The number of para-hydroxylation sites is 1. The summed E-state index contributed by atoms with van der Waals surface area (Å²) in [5, 5.41) is 0. The molecular weight excluding hydrogens is 316 g/mol. The Morgan fingerprint density at radius 2 is 1.65 bits per heavy atom. The van der Waals surface area contributed by atoms with Crippen LogP contribution in [0.15, 0.2) is 24.3 Å². The maximum absolute atomic E-state index is 13.0. The minimum atomic E-state index is -3.98. The number of amides is 1. The molecule has 0 fully saturated rings. The molecule has 1 aromatic carbocycles. The number of ether oxygens (including phenoxy) is 1. The smallest absolute Gasteiger partial charge is 0.331 e. The Morgan fingerprint density at radius 3 is 2.22 bits per heavy atom. The molecule has 1 aromatic rings. The molecule has 0 bridgehead atoms. The molecule has 0 aromatic heterocycles. The van der Waals surface area contributed by atoms with Crippen molar-refractivity contribution in [1.29, 1.82) is 0 Å². The number of rotatable bonds is 5. The number of nitrogens with zero attached hydrogens (tertiary/aromatic N) is 2. The second-order valence-electron chi connectivity index (χ2n) is 6.34. The van der Waals surface area contributed by atoms with Crippen molar-refractivity contribution in [1.82, 2.24) is 4.31 Å². The van der Waals surface area contributed by atoms with Gasteiger partial charge in [0.15, 0.2) is 0 Å². The Kier molecular flexibility index (Phi) is 5.01. The summed E-state index contributed by atoms with van der Waals surface area (Å²) in [4.78, 5) is 12.6. The zero-order valence-corrected chi connectivity index (χ0v) is 15.0. The van der Waals surface area contributed by atoms with Crippen molar-refractivity contribution >= 4 is 21.8 Å². The monoisotopic (exact) mass is 340 g/mol. The van der Waals surface area contributed by atoms with Gasteiger partial charge in [-0.2, -0.15) is 8.42 Å². The van der Waals surface area contributed by atoms with Crippen molar-refractivity contribution in [2.75, 3.05) is 10.9 Å². The first kappa shape index (κ1) is 17.7. The highest BCUT2D eigenvalue weighted by Crippen LogP contribution is 2.35. The van der Waals surface area contributed by atoms with E-state index in [1.807, 2.05) is 13.8 Å². The summed E-state index contributed by atoms with van der Waals surface area (Å²) in [5.41, 5.74) is 0.738. The zero-order chi connectivity index (χ0) is 17.4. The standard InChI is InChI=1S/C16H24N2O4S/c1-11(2)10-22-13(5)18-15-9-7-6-8-14(15)16(19)17(12(3)4)23(18,20)21/h6-9,11-13H,10H2,1-5H3. The number of anilines is 1. The van der Waals surface area contributed by atoms with E-state index in [1.165, 1.54) is 4.31 Å². The van der Waals surface area contributed by atoms with Crippen molar-refractivity contribution in [3.63, 3.8) is 0 Å². The Morgan fingerprint density at radius 1 is 1.04 bits per heavy atom. The van der Waals surface area contributed by atoms with Crippen LogP contribution in [-0.4, -0.2) is 37.5 Å². The molecule has 7 heteroatoms. The summed E-state index contributed by atoms with van der Waals surface area (Å²) >= 11 is 0. The largest absolute Gasteiger partial charge is 0.357 e. The number of carbonyl (C=O) groups excluding carboxylic acids is 1. The quantitative estimate of drug-likeness (QED) is 0.826. The Labute approximate surface area is 138 Å². The molecule has 0 aliphatic carbocycles. The van der Waals surface area contributed by atoms with E-state index < -0.39 is 28.4 Å². The molecule has 0 saturated carbocycles. The summed E-state index contributed by atoms with van der Waals surface area (Å²) in [6, 6.07) is 6.25. The second kappa shape index (κ2) is 6.49. The summed E-state index contributed by atoms with van der Waals surface area (Å²) < 4.78 is 33.8. The van der Waals surface area contributed by atoms with Crippen LogP contribution in [0.4, 0.5) is 5.69 Å². The molecule has 0 N–H and O–H groups in total. The minimum Gasteiger partial charge on any atom is -0.357 e. The number of fused-ring (bicyclic) bond motifs is 1. The van der Waals surface area contributed by atoms with Gasteiger partial charge in [-0.1, -0.05) is 26.0 Å². The van der Waals surface area contributed by atoms with Gasteiger partial charge in [-0.3, -0.25) is 4.79 Å². The van der Waals surface area contributed by atoms with Gasteiger partial charge in [-0.25, -0.2) is 8.61 Å². The zero-order valence-electron chi connectivity index (χ0n) is 14.2. The molecule has 6 nitrogen and oxygen atoms in total. The van der Waals surface area contributed by atoms with E-state index in [4.69, 9.17) is 4.74 Å². The third-order valence-corrected chi connectivity index (χ3v) is 5.61. The van der Waals surface area contributed by atoms with Crippen LogP contribution in [-0.2, 0) is 14.9 Å². The molecule has 1 amide bonds. The molecule has 1 unspecified atom stereocenters. The molecule has 23 heavy (non-hydrogen) atoms. The fourth-order valence-electron chi connectivity index (χ4n) is 2.57. The highest BCUT2D eigenvalue weighted by molar-refractivity contribution is 7.91. The van der Waals surface area contributed by atoms with Crippen LogP contribution in [0.25, 0.3) is 0 Å². The van der Waals surface area contributed by atoms with Gasteiger partial charge < -0.3 is 4.74 Å². The third-order valence-electron chi connectivity index (χ3n) is 3.54. The van der Waals surface area contributed by atoms with Crippen molar-refractivity contribution in [3.8, 4) is 0 Å². The lowest BCUT2D eigenvalue weighted by molar-refractivity contribution is 0.0526. The van der Waals surface area contributed by atoms with Crippen molar-refractivity contribution < 1.29 is 17.9 Å². The lowest BCUT2D eigenvalue weighted by atomic mass is 10.1. The normalized spacial score (nSPS) is 18.5. The van der Waals surface area contributed by atoms with Crippen molar-refractivity contribution in [3.05, 3.63) is 29.8 Å². The first-order chi connectivity index (χ1) is 10.7. The molecular formula is C16H24N2O4S. The van der Waals surface area contributed by atoms with Gasteiger partial charge in [0.25, 0.3) is 5.91 Å². The van der Waals surface area contributed by atoms with Crippen LogP contribution in [0, 0.1) is 5.92 Å². The van der Waals surface area contributed by atoms with E-state index in [9.17, 15) is 13.2 Å². The van der Waals surface area contributed by atoms with Gasteiger partial charge >= 0.3 is 10.2 Å². The molecule has 0 radical (unpaired) electrons. The van der Waals surface area contributed by atoms with E-state index in [2.05, 4.69) is 0 Å². The Bertz CT molecular complexity index is 685. The average Bonchev–Trinajstić information content (AvgIpc) is 2.44. The van der Waals surface area contributed by atoms with Crippen LogP contribution in [0.5, 0.6) is 0 Å². The number of carbonyl (C=O) groups is 1. The van der Waals surface area contributed by atoms with Crippen molar-refractivity contribution in [2.24, 2.45) is 5.92 Å². The molecule has 0 spiro atoms. The van der Waals surface area contributed by atoms with Crippen LogP contribution >= 0.6 is 0 Å². The van der Waals surface area contributed by atoms with Crippen LogP contribution in [0.2, 0.25) is 0 Å². The van der Waals surface area contributed by atoms with E-state index in [0.717, 1.165) is 4.31 Å². The van der Waals surface area contributed by atoms with E-state index in [-0.39, 0.29) is 5.92 Å². The topological polar surface area (TPSA) is 66.9 Å². The molecule has 1 aliphatic rings. The van der Waals surface area contributed by atoms with Crippen LogP contribution in [0.3, 0.4) is 0 Å². The van der Waals surface area contributed by atoms with Gasteiger partial charge in [-0.05, 0) is 38.8 Å². The summed E-state index contributed by atoms with van der Waals surface area (Å²) in [7, 11) is -3.98. The summed E-state index contributed by atoms with van der Waals surface area (Å²) in [5.74, 6) is -0.217. The molecule has 128 valence electrons. The molecule has 0 saturated heterocycles. The van der Waals surface area contributed by atoms with E-state index >= 15 is 0 Å². The molecule has 1 heterocycles. The van der Waals surface area contributed by atoms with Crippen LogP contribution in [0.1, 0.15) is 45.0 Å². The van der Waals surface area contributed by atoms with Gasteiger partial charge in [0.05, 0.1) is 17.9 Å².